The van der Waals surface area contributed by atoms with E-state index in [1.807, 2.05) is 6.92 Å². The number of carbonyl (C=O) groups excluding carboxylic acids is 1. The first-order valence-corrected chi connectivity index (χ1v) is 8.44. The second kappa shape index (κ2) is 7.11. The SMILES string of the molecule is CCC1CN(C(=O)c2cnn(-c3cccc(C(F)(F)F)c3)c2C)CCO1. The third-order valence-electron chi connectivity index (χ3n) is 4.54. The Morgan fingerprint density at radius 2 is 2.15 bits per heavy atom. The topological polar surface area (TPSA) is 47.4 Å². The Morgan fingerprint density at radius 1 is 1.38 bits per heavy atom. The van der Waals surface area contributed by atoms with Gasteiger partial charge >= 0.3 is 6.18 Å². The Morgan fingerprint density at radius 3 is 2.85 bits per heavy atom. The number of hydrogen-bond donors (Lipinski definition) is 0. The van der Waals surface area contributed by atoms with Crippen molar-refractivity contribution in [3.63, 3.8) is 0 Å². The number of benzene rings is 1. The number of nitrogens with zero attached hydrogens (tertiary/aromatic N) is 3. The summed E-state index contributed by atoms with van der Waals surface area (Å²) in [5.74, 6) is -0.178. The zero-order chi connectivity index (χ0) is 18.9. The van der Waals surface area contributed by atoms with Gasteiger partial charge in [-0.25, -0.2) is 4.68 Å². The van der Waals surface area contributed by atoms with Crippen LogP contribution in [-0.4, -0.2) is 46.4 Å². The van der Waals surface area contributed by atoms with Gasteiger partial charge in [0.15, 0.2) is 0 Å². The lowest BCUT2D eigenvalue weighted by Gasteiger charge is -2.32. The minimum atomic E-state index is -4.43. The van der Waals surface area contributed by atoms with Crippen molar-refractivity contribution in [1.29, 1.82) is 0 Å². The van der Waals surface area contributed by atoms with E-state index >= 15 is 0 Å². The van der Waals surface area contributed by atoms with Crippen LogP contribution in [0.4, 0.5) is 13.2 Å². The van der Waals surface area contributed by atoms with Crippen LogP contribution in [0, 0.1) is 6.92 Å². The van der Waals surface area contributed by atoms with E-state index in [1.54, 1.807) is 11.8 Å². The van der Waals surface area contributed by atoms with E-state index in [0.717, 1.165) is 18.6 Å². The smallest absolute Gasteiger partial charge is 0.375 e. The molecule has 1 unspecified atom stereocenters. The van der Waals surface area contributed by atoms with Crippen molar-refractivity contribution in [1.82, 2.24) is 14.7 Å². The highest BCUT2D eigenvalue weighted by Gasteiger charge is 2.31. The molecule has 140 valence electrons. The molecule has 0 saturated carbocycles. The fourth-order valence-corrected chi connectivity index (χ4v) is 3.01. The van der Waals surface area contributed by atoms with Gasteiger partial charge < -0.3 is 9.64 Å². The van der Waals surface area contributed by atoms with Crippen molar-refractivity contribution < 1.29 is 22.7 Å². The zero-order valence-corrected chi connectivity index (χ0v) is 14.6. The Labute approximate surface area is 149 Å². The molecule has 0 spiro atoms. The Hall–Kier alpha value is -2.35. The molecule has 0 radical (unpaired) electrons. The highest BCUT2D eigenvalue weighted by molar-refractivity contribution is 5.95. The summed E-state index contributed by atoms with van der Waals surface area (Å²) in [5, 5.41) is 4.13. The molecule has 0 bridgehead atoms. The van der Waals surface area contributed by atoms with Gasteiger partial charge in [0, 0.05) is 13.1 Å². The summed E-state index contributed by atoms with van der Waals surface area (Å²) < 4.78 is 45.7. The number of alkyl halides is 3. The van der Waals surface area contributed by atoms with Gasteiger partial charge in [0.2, 0.25) is 0 Å². The average Bonchev–Trinajstić information content (AvgIpc) is 3.02. The molecular formula is C18H20F3N3O2. The van der Waals surface area contributed by atoms with Crippen LogP contribution in [0.15, 0.2) is 30.5 Å². The van der Waals surface area contributed by atoms with E-state index in [2.05, 4.69) is 5.10 Å². The van der Waals surface area contributed by atoms with Crippen molar-refractivity contribution in [3.05, 3.63) is 47.3 Å². The quantitative estimate of drug-likeness (QED) is 0.835. The van der Waals surface area contributed by atoms with Gasteiger partial charge in [-0.1, -0.05) is 13.0 Å². The van der Waals surface area contributed by atoms with E-state index < -0.39 is 11.7 Å². The molecule has 1 aliphatic heterocycles. The lowest BCUT2D eigenvalue weighted by Crippen LogP contribution is -2.45. The molecule has 1 aromatic heterocycles. The molecule has 1 atom stereocenters. The summed E-state index contributed by atoms with van der Waals surface area (Å²) in [6.07, 6.45) is -2.20. The summed E-state index contributed by atoms with van der Waals surface area (Å²) in [7, 11) is 0. The first kappa shape index (κ1) is 18.4. The molecule has 1 aromatic carbocycles. The van der Waals surface area contributed by atoms with Crippen LogP contribution in [-0.2, 0) is 10.9 Å². The fraction of sp³-hybridized carbons (Fsp3) is 0.444. The van der Waals surface area contributed by atoms with Crippen molar-refractivity contribution in [2.24, 2.45) is 0 Å². The van der Waals surface area contributed by atoms with Gasteiger partial charge in [0.05, 0.1) is 41.4 Å². The van der Waals surface area contributed by atoms with E-state index in [0.29, 0.717) is 31.0 Å². The zero-order valence-electron chi connectivity index (χ0n) is 14.6. The van der Waals surface area contributed by atoms with Crippen LogP contribution >= 0.6 is 0 Å². The lowest BCUT2D eigenvalue weighted by atomic mass is 10.1. The number of halogens is 3. The molecular weight excluding hydrogens is 347 g/mol. The van der Waals surface area contributed by atoms with Gasteiger partial charge in [0.1, 0.15) is 0 Å². The Balaban J connectivity index is 1.87. The first-order valence-electron chi connectivity index (χ1n) is 8.44. The van der Waals surface area contributed by atoms with Crippen LogP contribution in [0.3, 0.4) is 0 Å². The Bertz CT molecular complexity index is 801. The number of amides is 1. The summed E-state index contributed by atoms with van der Waals surface area (Å²) in [5.41, 5.74) is 0.412. The number of hydrogen-bond acceptors (Lipinski definition) is 3. The van der Waals surface area contributed by atoms with E-state index in [9.17, 15) is 18.0 Å². The maximum atomic E-state index is 12.9. The summed E-state index contributed by atoms with van der Waals surface area (Å²) in [4.78, 5) is 14.5. The predicted octanol–water partition coefficient (Wildman–Crippen LogP) is 3.45. The second-order valence-electron chi connectivity index (χ2n) is 6.26. The van der Waals surface area contributed by atoms with Gasteiger partial charge in [0.25, 0.3) is 5.91 Å². The molecule has 5 nitrogen and oxygen atoms in total. The first-order chi connectivity index (χ1) is 12.3. The normalized spacial score (nSPS) is 18.2. The molecule has 1 saturated heterocycles. The summed E-state index contributed by atoms with van der Waals surface area (Å²) >= 11 is 0. The lowest BCUT2D eigenvalue weighted by molar-refractivity contribution is -0.137. The number of aromatic nitrogens is 2. The molecule has 1 aliphatic rings. The maximum absolute atomic E-state index is 12.9. The van der Waals surface area contributed by atoms with Gasteiger partial charge in [-0.15, -0.1) is 0 Å². The van der Waals surface area contributed by atoms with Crippen LogP contribution in [0.5, 0.6) is 0 Å². The average molecular weight is 367 g/mol. The van der Waals surface area contributed by atoms with Gasteiger partial charge in [-0.2, -0.15) is 18.3 Å². The minimum Gasteiger partial charge on any atom is -0.375 e. The number of rotatable bonds is 3. The molecule has 2 heterocycles. The van der Waals surface area contributed by atoms with Crippen molar-refractivity contribution in [2.45, 2.75) is 32.5 Å². The Kier molecular flexibility index (Phi) is 5.04. The van der Waals surface area contributed by atoms with Crippen molar-refractivity contribution >= 4 is 5.91 Å². The van der Waals surface area contributed by atoms with Crippen LogP contribution < -0.4 is 0 Å². The predicted molar refractivity (Wildman–Crippen MR) is 89.2 cm³/mol. The standard InChI is InChI=1S/C18H20F3N3O2/c1-3-15-11-23(7-8-26-15)17(25)16-10-22-24(12(16)2)14-6-4-5-13(9-14)18(19,20)21/h4-6,9-10,15H,3,7-8,11H2,1-2H3. The number of morpholine rings is 1. The monoisotopic (exact) mass is 367 g/mol. The molecule has 1 fully saturated rings. The largest absolute Gasteiger partial charge is 0.416 e. The van der Waals surface area contributed by atoms with E-state index in [-0.39, 0.29) is 17.7 Å². The fourth-order valence-electron chi connectivity index (χ4n) is 3.01. The van der Waals surface area contributed by atoms with Crippen LogP contribution in [0.25, 0.3) is 5.69 Å². The minimum absolute atomic E-state index is 0.00604. The third kappa shape index (κ3) is 3.60. The van der Waals surface area contributed by atoms with E-state index in [1.165, 1.54) is 23.0 Å². The second-order valence-corrected chi connectivity index (χ2v) is 6.26. The molecule has 2 aromatic rings. The highest BCUT2D eigenvalue weighted by Crippen LogP contribution is 2.30. The van der Waals surface area contributed by atoms with E-state index in [4.69, 9.17) is 4.74 Å². The molecule has 8 heteroatoms. The van der Waals surface area contributed by atoms with Crippen LogP contribution in [0.1, 0.15) is 35.0 Å². The maximum Gasteiger partial charge on any atom is 0.416 e. The van der Waals surface area contributed by atoms with Crippen molar-refractivity contribution in [3.8, 4) is 5.69 Å². The highest BCUT2D eigenvalue weighted by atomic mass is 19.4. The third-order valence-corrected chi connectivity index (χ3v) is 4.54. The number of ether oxygens (including phenoxy) is 1. The molecule has 3 rings (SSSR count). The number of carbonyl (C=O) groups is 1. The summed E-state index contributed by atoms with van der Waals surface area (Å²) in [6, 6.07) is 4.89. The van der Waals surface area contributed by atoms with Gasteiger partial charge in [-0.05, 0) is 31.5 Å². The molecule has 26 heavy (non-hydrogen) atoms. The molecule has 0 aliphatic carbocycles. The van der Waals surface area contributed by atoms with Crippen LogP contribution in [0.2, 0.25) is 0 Å². The summed E-state index contributed by atoms with van der Waals surface area (Å²) in [6.45, 7) is 5.14. The molecule has 1 amide bonds. The van der Waals surface area contributed by atoms with Gasteiger partial charge in [-0.3, -0.25) is 4.79 Å². The molecule has 0 N–H and O–H groups in total. The van der Waals surface area contributed by atoms with Crippen molar-refractivity contribution in [2.75, 3.05) is 19.7 Å².